The van der Waals surface area contributed by atoms with Gasteiger partial charge in [0.05, 0.1) is 18.0 Å². The van der Waals surface area contributed by atoms with Crippen molar-refractivity contribution in [2.45, 2.75) is 97.2 Å². The van der Waals surface area contributed by atoms with E-state index in [-0.39, 0.29) is 47.3 Å². The molecule has 0 aliphatic heterocycles. The van der Waals surface area contributed by atoms with E-state index >= 15 is 0 Å². The molecule has 4 aliphatic rings. The van der Waals surface area contributed by atoms with Gasteiger partial charge in [0.2, 0.25) is 5.91 Å². The molecule has 4 N–H and O–H groups in total. The number of aliphatic hydroxyl groups is 2. The summed E-state index contributed by atoms with van der Waals surface area (Å²) in [5, 5.41) is 25.5. The van der Waals surface area contributed by atoms with Gasteiger partial charge in [-0.25, -0.2) is 0 Å². The Bertz CT molecular complexity index is 863. The van der Waals surface area contributed by atoms with Gasteiger partial charge in [-0.15, -0.1) is 0 Å². The lowest BCUT2D eigenvalue weighted by atomic mass is 9.43. The Labute approximate surface area is 205 Å². The van der Waals surface area contributed by atoms with Gasteiger partial charge in [-0.05, 0) is 91.3 Å². The lowest BCUT2D eigenvalue weighted by Crippen LogP contribution is -2.61. The fourth-order valence-corrected chi connectivity index (χ4v) is 9.51. The molecule has 4 rings (SSSR count). The van der Waals surface area contributed by atoms with Gasteiger partial charge in [0.15, 0.2) is 0 Å². The summed E-state index contributed by atoms with van der Waals surface area (Å²) in [5.41, 5.74) is -0.0187. The molecule has 1 amide bonds. The molecule has 0 aromatic heterocycles. The van der Waals surface area contributed by atoms with Gasteiger partial charge in [-0.2, -0.15) is 8.42 Å². The van der Waals surface area contributed by atoms with Crippen LogP contribution in [0.15, 0.2) is 0 Å². The van der Waals surface area contributed by atoms with Crippen molar-refractivity contribution in [2.24, 2.45) is 46.3 Å². The van der Waals surface area contributed by atoms with Gasteiger partial charge >= 0.3 is 0 Å². The molecule has 34 heavy (non-hydrogen) atoms. The molecule has 0 aromatic carbocycles. The van der Waals surface area contributed by atoms with Gasteiger partial charge < -0.3 is 15.5 Å². The summed E-state index contributed by atoms with van der Waals surface area (Å²) in [7, 11) is -4.08. The first-order valence-electron chi connectivity index (χ1n) is 13.5. The summed E-state index contributed by atoms with van der Waals surface area (Å²) in [5.74, 6) is 1.38. The van der Waals surface area contributed by atoms with Crippen LogP contribution in [-0.2, 0) is 14.9 Å². The second-order valence-electron chi connectivity index (χ2n) is 12.5. The fraction of sp³-hybridized carbons (Fsp3) is 0.962. The van der Waals surface area contributed by atoms with E-state index in [0.717, 1.165) is 25.7 Å². The van der Waals surface area contributed by atoms with E-state index in [1.54, 1.807) is 0 Å². The van der Waals surface area contributed by atoms with E-state index in [0.29, 0.717) is 36.5 Å². The minimum Gasteiger partial charge on any atom is -0.393 e. The van der Waals surface area contributed by atoms with Crippen LogP contribution in [0.2, 0.25) is 0 Å². The zero-order chi connectivity index (χ0) is 24.9. The zero-order valence-electron chi connectivity index (χ0n) is 21.1. The zero-order valence-corrected chi connectivity index (χ0v) is 21.9. The van der Waals surface area contributed by atoms with Crippen molar-refractivity contribution in [3.05, 3.63) is 0 Å². The minimum absolute atomic E-state index is 0.0886. The Morgan fingerprint density at radius 3 is 2.53 bits per heavy atom. The van der Waals surface area contributed by atoms with Crippen molar-refractivity contribution < 1.29 is 28.0 Å². The number of amides is 1. The maximum absolute atomic E-state index is 12.2. The van der Waals surface area contributed by atoms with Crippen LogP contribution in [-0.4, -0.2) is 53.6 Å². The monoisotopic (exact) mass is 499 g/mol. The van der Waals surface area contributed by atoms with Crippen molar-refractivity contribution in [1.82, 2.24) is 5.32 Å². The number of hydrogen-bond acceptors (Lipinski definition) is 5. The fourth-order valence-electron chi connectivity index (χ4n) is 9.15. The lowest BCUT2D eigenvalue weighted by Gasteiger charge is -2.63. The van der Waals surface area contributed by atoms with Crippen LogP contribution in [0, 0.1) is 46.3 Å². The summed E-state index contributed by atoms with van der Waals surface area (Å²) in [4.78, 5) is 12.2. The second-order valence-corrected chi connectivity index (χ2v) is 14.1. The minimum atomic E-state index is -4.08. The molecule has 0 heterocycles. The lowest BCUT2D eigenvalue weighted by molar-refractivity contribution is -0.201. The van der Waals surface area contributed by atoms with Crippen LogP contribution in [0.3, 0.4) is 0 Å². The molecule has 0 bridgehead atoms. The highest BCUT2D eigenvalue weighted by Crippen LogP contribution is 2.68. The van der Waals surface area contributed by atoms with Crippen LogP contribution in [0.1, 0.15) is 85.0 Å². The highest BCUT2D eigenvalue weighted by molar-refractivity contribution is 7.85. The predicted octanol–water partition coefficient (Wildman–Crippen LogP) is 3.40. The number of rotatable bonds is 7. The Kier molecular flexibility index (Phi) is 7.47. The van der Waals surface area contributed by atoms with Gasteiger partial charge in [0, 0.05) is 13.0 Å². The SMILES string of the molecule is CC(CCC(=O)NCCS(=O)(=O)O)C1CCC2C3C(O)CC4CCCCC4(C)C3CC(O)C12C. The third-order valence-corrected chi connectivity index (χ3v) is 11.7. The molecule has 8 heteroatoms. The van der Waals surface area contributed by atoms with E-state index in [1.165, 1.54) is 25.7 Å². The van der Waals surface area contributed by atoms with Crippen molar-refractivity contribution in [1.29, 1.82) is 0 Å². The van der Waals surface area contributed by atoms with Crippen molar-refractivity contribution in [3.8, 4) is 0 Å². The Balaban J connectivity index is 1.43. The first-order valence-corrected chi connectivity index (χ1v) is 15.1. The van der Waals surface area contributed by atoms with Crippen molar-refractivity contribution in [3.63, 3.8) is 0 Å². The predicted molar refractivity (Wildman–Crippen MR) is 130 cm³/mol. The first-order chi connectivity index (χ1) is 15.9. The van der Waals surface area contributed by atoms with E-state index in [9.17, 15) is 23.4 Å². The quantitative estimate of drug-likeness (QED) is 0.398. The Morgan fingerprint density at radius 1 is 1.09 bits per heavy atom. The molecule has 0 aromatic rings. The number of carbonyl (C=O) groups is 1. The molecular weight excluding hydrogens is 454 g/mol. The van der Waals surface area contributed by atoms with E-state index in [1.807, 2.05) is 0 Å². The highest BCUT2D eigenvalue weighted by Gasteiger charge is 2.65. The van der Waals surface area contributed by atoms with Gasteiger partial charge in [-0.1, -0.05) is 33.6 Å². The van der Waals surface area contributed by atoms with E-state index in [4.69, 9.17) is 4.55 Å². The molecule has 0 spiro atoms. The first kappa shape index (κ1) is 26.4. The standard InChI is InChI=1S/C26H45NO6S/c1-16(7-10-23(30)27-12-13-34(31,32)33)18-8-9-19-24-20(15-22(29)26(18,19)3)25(2)11-5-4-6-17(25)14-21(24)28/h16-22,24,28-29H,4-15H2,1-3H3,(H,27,30)(H,31,32,33). The number of nitrogens with one attached hydrogen (secondary N) is 1. The molecule has 0 radical (unpaired) electrons. The molecule has 7 nitrogen and oxygen atoms in total. The average molecular weight is 500 g/mol. The number of aliphatic hydroxyl groups excluding tert-OH is 2. The summed E-state index contributed by atoms with van der Waals surface area (Å²) in [6.45, 7) is 6.75. The molecule has 196 valence electrons. The summed E-state index contributed by atoms with van der Waals surface area (Å²) in [6.07, 6.45) is 8.99. The van der Waals surface area contributed by atoms with Crippen LogP contribution in [0.5, 0.6) is 0 Å². The summed E-state index contributed by atoms with van der Waals surface area (Å²) >= 11 is 0. The molecular formula is C26H45NO6S. The van der Waals surface area contributed by atoms with Crippen LogP contribution in [0.4, 0.5) is 0 Å². The van der Waals surface area contributed by atoms with E-state index in [2.05, 4.69) is 26.1 Å². The van der Waals surface area contributed by atoms with Crippen LogP contribution in [0.25, 0.3) is 0 Å². The molecule has 4 saturated carbocycles. The number of carbonyl (C=O) groups excluding carboxylic acids is 1. The molecule has 10 unspecified atom stereocenters. The molecule has 4 fully saturated rings. The molecule has 4 aliphatic carbocycles. The van der Waals surface area contributed by atoms with Crippen LogP contribution < -0.4 is 5.32 Å². The molecule has 10 atom stereocenters. The summed E-state index contributed by atoms with van der Waals surface area (Å²) < 4.78 is 30.5. The topological polar surface area (TPSA) is 124 Å². The maximum atomic E-state index is 12.2. The van der Waals surface area contributed by atoms with Gasteiger partial charge in [0.25, 0.3) is 10.1 Å². The smallest absolute Gasteiger partial charge is 0.266 e. The second kappa shape index (κ2) is 9.64. The Morgan fingerprint density at radius 2 is 1.82 bits per heavy atom. The van der Waals surface area contributed by atoms with Crippen molar-refractivity contribution in [2.75, 3.05) is 12.3 Å². The maximum Gasteiger partial charge on any atom is 0.266 e. The van der Waals surface area contributed by atoms with Gasteiger partial charge in [0.1, 0.15) is 0 Å². The Hall–Kier alpha value is -0.700. The van der Waals surface area contributed by atoms with Crippen molar-refractivity contribution >= 4 is 16.0 Å². The average Bonchev–Trinajstić information content (AvgIpc) is 3.11. The van der Waals surface area contributed by atoms with Gasteiger partial charge in [-0.3, -0.25) is 9.35 Å². The third-order valence-electron chi connectivity index (χ3n) is 11.0. The summed E-state index contributed by atoms with van der Waals surface area (Å²) in [6, 6.07) is 0. The van der Waals surface area contributed by atoms with Crippen LogP contribution >= 0.6 is 0 Å². The highest BCUT2D eigenvalue weighted by atomic mass is 32.2. The normalized spacial score (nSPS) is 45.1. The largest absolute Gasteiger partial charge is 0.393 e. The number of fused-ring (bicyclic) bond motifs is 5. The third kappa shape index (κ3) is 4.69. The molecule has 0 saturated heterocycles. The van der Waals surface area contributed by atoms with E-state index < -0.39 is 15.9 Å². The number of hydrogen-bond donors (Lipinski definition) is 4.